The minimum absolute atomic E-state index is 0.0381. The fourth-order valence-corrected chi connectivity index (χ4v) is 2.81. The second kappa shape index (κ2) is 5.85. The third-order valence-corrected chi connectivity index (χ3v) is 4.45. The summed E-state index contributed by atoms with van der Waals surface area (Å²) < 4.78 is 13.4. The average molecular weight is 308 g/mol. The van der Waals surface area contributed by atoms with Crippen molar-refractivity contribution in [2.75, 3.05) is 11.9 Å². The Labute approximate surface area is 134 Å². The van der Waals surface area contributed by atoms with Crippen molar-refractivity contribution in [3.63, 3.8) is 0 Å². The zero-order chi connectivity index (χ0) is 16.4. The first-order chi connectivity index (χ1) is 11.0. The minimum atomic E-state index is -0.231. The van der Waals surface area contributed by atoms with Crippen molar-refractivity contribution in [2.24, 2.45) is 0 Å². The van der Waals surface area contributed by atoms with E-state index in [0.29, 0.717) is 23.4 Å². The van der Waals surface area contributed by atoms with Gasteiger partial charge in [-0.25, -0.2) is 4.39 Å². The van der Waals surface area contributed by atoms with Gasteiger partial charge in [0, 0.05) is 17.5 Å². The van der Waals surface area contributed by atoms with Crippen LogP contribution < -0.4 is 5.32 Å². The summed E-state index contributed by atoms with van der Waals surface area (Å²) in [7, 11) is 0. The molecule has 0 bridgehead atoms. The van der Waals surface area contributed by atoms with Gasteiger partial charge < -0.3 is 5.32 Å². The van der Waals surface area contributed by atoms with Crippen LogP contribution in [0.25, 0.3) is 0 Å². The summed E-state index contributed by atoms with van der Waals surface area (Å²) in [5.41, 5.74) is 2.63. The first kappa shape index (κ1) is 15.2. The van der Waals surface area contributed by atoms with E-state index in [0.717, 1.165) is 18.4 Å². The van der Waals surface area contributed by atoms with E-state index in [-0.39, 0.29) is 17.0 Å². The molecule has 1 fully saturated rings. The molecule has 23 heavy (non-hydrogen) atoms. The summed E-state index contributed by atoms with van der Waals surface area (Å²) in [5, 5.41) is 12.5. The maximum atomic E-state index is 13.4. The van der Waals surface area contributed by atoms with Crippen molar-refractivity contribution in [1.29, 1.82) is 5.26 Å². The van der Waals surface area contributed by atoms with E-state index in [4.69, 9.17) is 0 Å². The summed E-state index contributed by atoms with van der Waals surface area (Å²) in [6.45, 7) is 2.12. The third-order valence-electron chi connectivity index (χ3n) is 4.45. The van der Waals surface area contributed by atoms with Crippen LogP contribution in [0.2, 0.25) is 0 Å². The number of ketones is 1. The summed E-state index contributed by atoms with van der Waals surface area (Å²) in [5.74, 6) is -0.270. The average Bonchev–Trinajstić information content (AvgIpc) is 3.34. The molecule has 0 saturated heterocycles. The van der Waals surface area contributed by atoms with Crippen LogP contribution in [0, 0.1) is 17.1 Å². The molecule has 1 N–H and O–H groups in total. The number of nitrogens with zero attached hydrogens (tertiary/aromatic N) is 1. The highest BCUT2D eigenvalue weighted by molar-refractivity contribution is 5.95. The molecule has 1 aliphatic carbocycles. The van der Waals surface area contributed by atoms with Crippen LogP contribution in [0.1, 0.15) is 41.3 Å². The number of halogens is 1. The molecule has 1 saturated carbocycles. The fourth-order valence-electron chi connectivity index (χ4n) is 2.81. The lowest BCUT2D eigenvalue weighted by atomic mass is 9.95. The minimum Gasteiger partial charge on any atom is -0.383 e. The van der Waals surface area contributed by atoms with Crippen LogP contribution in [0.4, 0.5) is 10.1 Å². The molecule has 2 aromatic carbocycles. The number of nitriles is 1. The Morgan fingerprint density at radius 3 is 2.70 bits per heavy atom. The molecule has 116 valence electrons. The summed E-state index contributed by atoms with van der Waals surface area (Å²) in [4.78, 5) is 11.5. The van der Waals surface area contributed by atoms with E-state index in [1.54, 1.807) is 30.3 Å². The topological polar surface area (TPSA) is 52.9 Å². The van der Waals surface area contributed by atoms with Gasteiger partial charge in [-0.1, -0.05) is 12.1 Å². The van der Waals surface area contributed by atoms with Gasteiger partial charge in [-0.3, -0.25) is 4.79 Å². The molecular formula is C19H17FN2O. The monoisotopic (exact) mass is 308 g/mol. The zero-order valence-corrected chi connectivity index (χ0v) is 12.9. The van der Waals surface area contributed by atoms with E-state index in [9.17, 15) is 14.4 Å². The van der Waals surface area contributed by atoms with Crippen LogP contribution in [0.15, 0.2) is 42.5 Å². The maximum absolute atomic E-state index is 13.4. The quantitative estimate of drug-likeness (QED) is 0.848. The van der Waals surface area contributed by atoms with Crippen LogP contribution >= 0.6 is 0 Å². The number of nitrogens with one attached hydrogen (secondary N) is 1. The first-order valence-corrected chi connectivity index (χ1v) is 7.59. The molecule has 0 atom stereocenters. The molecule has 1 aliphatic rings. The van der Waals surface area contributed by atoms with Gasteiger partial charge in [-0.2, -0.15) is 5.26 Å². The normalized spacial score (nSPS) is 14.8. The maximum Gasteiger partial charge on any atom is 0.159 e. The lowest BCUT2D eigenvalue weighted by Crippen LogP contribution is -2.20. The Bertz CT molecular complexity index is 803. The van der Waals surface area contributed by atoms with Crippen LogP contribution in [0.5, 0.6) is 0 Å². The zero-order valence-electron chi connectivity index (χ0n) is 12.9. The van der Waals surface area contributed by atoms with Gasteiger partial charge in [0.1, 0.15) is 11.9 Å². The number of benzene rings is 2. The van der Waals surface area contributed by atoms with Crippen molar-refractivity contribution < 1.29 is 9.18 Å². The molecule has 0 heterocycles. The van der Waals surface area contributed by atoms with Crippen molar-refractivity contribution in [1.82, 2.24) is 0 Å². The number of carbonyl (C=O) groups excluding carboxylic acids is 1. The Hall–Kier alpha value is -2.67. The molecule has 0 amide bonds. The van der Waals surface area contributed by atoms with E-state index >= 15 is 0 Å². The van der Waals surface area contributed by atoms with E-state index in [1.165, 1.54) is 13.0 Å². The standard InChI is InChI=1S/C19H17FN2O/c1-13(23)14-5-6-15(11-21)18(9-14)22-12-19(7-8-19)16-3-2-4-17(20)10-16/h2-6,9-10,22H,7-8,12H2,1H3. The van der Waals surface area contributed by atoms with Gasteiger partial charge in [-0.15, -0.1) is 0 Å². The predicted octanol–water partition coefficient (Wildman–Crippen LogP) is 4.04. The van der Waals surface area contributed by atoms with Gasteiger partial charge in [-0.05, 0) is 55.7 Å². The van der Waals surface area contributed by atoms with Crippen molar-refractivity contribution in [3.05, 3.63) is 65.0 Å². The second-order valence-corrected chi connectivity index (χ2v) is 6.07. The predicted molar refractivity (Wildman–Crippen MR) is 87.0 cm³/mol. The summed E-state index contributed by atoms with van der Waals surface area (Å²) in [6, 6.07) is 13.8. The highest BCUT2D eigenvalue weighted by Crippen LogP contribution is 2.48. The molecule has 3 nitrogen and oxygen atoms in total. The largest absolute Gasteiger partial charge is 0.383 e. The molecule has 0 aromatic heterocycles. The second-order valence-electron chi connectivity index (χ2n) is 6.07. The third kappa shape index (κ3) is 3.09. The Kier molecular flexibility index (Phi) is 3.87. The van der Waals surface area contributed by atoms with Gasteiger partial charge in [0.25, 0.3) is 0 Å². The van der Waals surface area contributed by atoms with Crippen LogP contribution in [-0.4, -0.2) is 12.3 Å². The molecular weight excluding hydrogens is 291 g/mol. The number of hydrogen-bond acceptors (Lipinski definition) is 3. The fraction of sp³-hybridized carbons (Fsp3) is 0.263. The van der Waals surface area contributed by atoms with Gasteiger partial charge in [0.2, 0.25) is 0 Å². The van der Waals surface area contributed by atoms with Gasteiger partial charge in [0.15, 0.2) is 5.78 Å². The summed E-state index contributed by atoms with van der Waals surface area (Å²) in [6.07, 6.45) is 1.97. The smallest absolute Gasteiger partial charge is 0.159 e. The van der Waals surface area contributed by atoms with Crippen molar-refractivity contribution in [2.45, 2.75) is 25.2 Å². The van der Waals surface area contributed by atoms with Gasteiger partial charge in [0.05, 0.1) is 11.3 Å². The van der Waals surface area contributed by atoms with Crippen LogP contribution in [-0.2, 0) is 5.41 Å². The molecule has 0 radical (unpaired) electrons. The number of hydrogen-bond donors (Lipinski definition) is 1. The molecule has 0 spiro atoms. The molecule has 0 unspecified atom stereocenters. The number of Topliss-reactive ketones (excluding diaryl/α,β-unsaturated/α-hetero) is 1. The molecule has 4 heteroatoms. The first-order valence-electron chi connectivity index (χ1n) is 7.59. The number of rotatable bonds is 5. The van der Waals surface area contributed by atoms with E-state index in [1.807, 2.05) is 6.07 Å². The van der Waals surface area contributed by atoms with E-state index < -0.39 is 0 Å². The lowest BCUT2D eigenvalue weighted by molar-refractivity contribution is 0.101. The Morgan fingerprint density at radius 1 is 1.30 bits per heavy atom. The number of carbonyl (C=O) groups is 1. The summed E-state index contributed by atoms with van der Waals surface area (Å²) >= 11 is 0. The highest BCUT2D eigenvalue weighted by Gasteiger charge is 2.44. The van der Waals surface area contributed by atoms with Crippen LogP contribution in [0.3, 0.4) is 0 Å². The molecule has 2 aromatic rings. The van der Waals surface area contributed by atoms with E-state index in [2.05, 4.69) is 11.4 Å². The molecule has 0 aliphatic heterocycles. The highest BCUT2D eigenvalue weighted by atomic mass is 19.1. The lowest BCUT2D eigenvalue weighted by Gasteiger charge is -2.18. The van der Waals surface area contributed by atoms with Crippen molar-refractivity contribution in [3.8, 4) is 6.07 Å². The Balaban J connectivity index is 1.82. The Morgan fingerprint density at radius 2 is 2.09 bits per heavy atom. The molecule has 3 rings (SSSR count). The SMILES string of the molecule is CC(=O)c1ccc(C#N)c(NCC2(c3cccc(F)c3)CC2)c1. The van der Waals surface area contributed by atoms with Gasteiger partial charge >= 0.3 is 0 Å². The van der Waals surface area contributed by atoms with Crippen molar-refractivity contribution >= 4 is 11.5 Å². The number of anilines is 1.